The van der Waals surface area contributed by atoms with Crippen LogP contribution in [0.4, 0.5) is 11.6 Å². The van der Waals surface area contributed by atoms with Crippen molar-refractivity contribution in [2.24, 2.45) is 0 Å². The number of nitrogens with zero attached hydrogens (tertiary/aromatic N) is 4. The Kier molecular flexibility index (Phi) is 4.32. The van der Waals surface area contributed by atoms with Crippen LogP contribution in [-0.4, -0.2) is 60.6 Å². The van der Waals surface area contributed by atoms with Gasteiger partial charge in [-0.3, -0.25) is 0 Å². The normalized spacial score (nSPS) is 23.9. The highest BCUT2D eigenvalue weighted by Crippen LogP contribution is 2.25. The fourth-order valence-electron chi connectivity index (χ4n) is 2.97. The van der Waals surface area contributed by atoms with Gasteiger partial charge in [-0.25, -0.2) is 9.97 Å². The van der Waals surface area contributed by atoms with E-state index in [0.29, 0.717) is 0 Å². The van der Waals surface area contributed by atoms with Crippen LogP contribution in [0.2, 0.25) is 0 Å². The highest BCUT2D eigenvalue weighted by Gasteiger charge is 2.25. The monoisotopic (exact) mass is 278 g/mol. The van der Waals surface area contributed by atoms with Crippen LogP contribution in [0, 0.1) is 0 Å². The van der Waals surface area contributed by atoms with E-state index in [1.54, 1.807) is 6.33 Å². The molecule has 0 saturated carbocycles. The second-order valence-corrected chi connectivity index (χ2v) is 5.36. The van der Waals surface area contributed by atoms with E-state index in [2.05, 4.69) is 19.8 Å². The van der Waals surface area contributed by atoms with Crippen LogP contribution >= 0.6 is 0 Å². The third-order valence-corrected chi connectivity index (χ3v) is 4.07. The highest BCUT2D eigenvalue weighted by atomic mass is 16.5. The first-order chi connectivity index (χ1) is 9.88. The van der Waals surface area contributed by atoms with Gasteiger partial charge < -0.3 is 19.6 Å². The van der Waals surface area contributed by atoms with Crippen molar-refractivity contribution in [3.05, 3.63) is 12.4 Å². The first-order valence-electron chi connectivity index (χ1n) is 7.41. The Hall–Kier alpha value is -1.40. The second-order valence-electron chi connectivity index (χ2n) is 5.36. The van der Waals surface area contributed by atoms with Gasteiger partial charge in [-0.1, -0.05) is 0 Å². The molecule has 6 heteroatoms. The molecule has 0 aliphatic carbocycles. The van der Waals surface area contributed by atoms with Gasteiger partial charge in [0.1, 0.15) is 18.0 Å². The first-order valence-corrected chi connectivity index (χ1v) is 7.41. The van der Waals surface area contributed by atoms with Crippen LogP contribution in [0.25, 0.3) is 0 Å². The quantitative estimate of drug-likeness (QED) is 0.876. The molecule has 0 bridgehead atoms. The van der Waals surface area contributed by atoms with E-state index < -0.39 is 0 Å². The van der Waals surface area contributed by atoms with Gasteiger partial charge in [0.25, 0.3) is 0 Å². The molecule has 2 aliphatic rings. The van der Waals surface area contributed by atoms with Gasteiger partial charge in [-0.2, -0.15) is 0 Å². The van der Waals surface area contributed by atoms with Crippen LogP contribution in [0.3, 0.4) is 0 Å². The van der Waals surface area contributed by atoms with Crippen LogP contribution in [-0.2, 0) is 4.74 Å². The zero-order chi connectivity index (χ0) is 13.8. The van der Waals surface area contributed by atoms with Gasteiger partial charge >= 0.3 is 0 Å². The third-order valence-electron chi connectivity index (χ3n) is 4.07. The van der Waals surface area contributed by atoms with E-state index in [1.807, 2.05) is 6.07 Å². The molecule has 20 heavy (non-hydrogen) atoms. The average Bonchev–Trinajstić information content (AvgIpc) is 2.81. The topological polar surface area (TPSA) is 61.7 Å². The van der Waals surface area contributed by atoms with Crippen molar-refractivity contribution in [2.75, 3.05) is 49.3 Å². The number of ether oxygens (including phenoxy) is 1. The molecule has 2 fully saturated rings. The predicted molar refractivity (Wildman–Crippen MR) is 77.1 cm³/mol. The largest absolute Gasteiger partial charge is 0.394 e. The minimum atomic E-state index is 0.191. The first kappa shape index (κ1) is 13.6. The number of aromatic nitrogens is 2. The summed E-state index contributed by atoms with van der Waals surface area (Å²) >= 11 is 0. The molecule has 0 amide bonds. The van der Waals surface area contributed by atoms with Crippen LogP contribution in [0.5, 0.6) is 0 Å². The van der Waals surface area contributed by atoms with Crippen molar-refractivity contribution in [1.82, 2.24) is 9.97 Å². The summed E-state index contributed by atoms with van der Waals surface area (Å²) in [7, 11) is 0. The summed E-state index contributed by atoms with van der Waals surface area (Å²) in [6.45, 7) is 4.58. The van der Waals surface area contributed by atoms with E-state index in [4.69, 9.17) is 4.74 Å². The fraction of sp³-hybridized carbons (Fsp3) is 0.714. The van der Waals surface area contributed by atoms with Crippen molar-refractivity contribution < 1.29 is 9.84 Å². The third kappa shape index (κ3) is 2.86. The van der Waals surface area contributed by atoms with E-state index >= 15 is 0 Å². The Bertz CT molecular complexity index is 435. The zero-order valence-corrected chi connectivity index (χ0v) is 11.7. The van der Waals surface area contributed by atoms with Crippen molar-refractivity contribution in [1.29, 1.82) is 0 Å². The molecule has 1 atom stereocenters. The lowest BCUT2D eigenvalue weighted by atomic mass is 10.2. The SMILES string of the molecule is OC[C@@H]1CCCN1c1cc(N2CCCOCC2)ncn1. The lowest BCUT2D eigenvalue weighted by Crippen LogP contribution is -2.33. The zero-order valence-electron chi connectivity index (χ0n) is 11.7. The lowest BCUT2D eigenvalue weighted by molar-refractivity contribution is 0.152. The summed E-state index contributed by atoms with van der Waals surface area (Å²) in [6.07, 6.45) is 4.81. The van der Waals surface area contributed by atoms with E-state index in [0.717, 1.165) is 63.7 Å². The van der Waals surface area contributed by atoms with Gasteiger partial charge in [-0.15, -0.1) is 0 Å². The van der Waals surface area contributed by atoms with Gasteiger partial charge in [0.2, 0.25) is 0 Å². The molecule has 6 nitrogen and oxygen atoms in total. The maximum Gasteiger partial charge on any atom is 0.134 e. The minimum absolute atomic E-state index is 0.191. The molecule has 3 heterocycles. The number of hydrogen-bond acceptors (Lipinski definition) is 6. The minimum Gasteiger partial charge on any atom is -0.394 e. The molecule has 1 N–H and O–H groups in total. The van der Waals surface area contributed by atoms with Gasteiger partial charge in [0, 0.05) is 32.3 Å². The molecule has 0 spiro atoms. The number of aliphatic hydroxyl groups excluding tert-OH is 1. The van der Waals surface area contributed by atoms with Crippen LogP contribution in [0.1, 0.15) is 19.3 Å². The van der Waals surface area contributed by atoms with Gasteiger partial charge in [0.05, 0.1) is 19.3 Å². The van der Waals surface area contributed by atoms with E-state index in [1.165, 1.54) is 0 Å². The molecule has 2 saturated heterocycles. The average molecular weight is 278 g/mol. The van der Waals surface area contributed by atoms with E-state index in [9.17, 15) is 5.11 Å². The molecule has 1 aromatic rings. The fourth-order valence-corrected chi connectivity index (χ4v) is 2.97. The summed E-state index contributed by atoms with van der Waals surface area (Å²) in [4.78, 5) is 13.2. The van der Waals surface area contributed by atoms with Crippen molar-refractivity contribution in [3.63, 3.8) is 0 Å². The van der Waals surface area contributed by atoms with Crippen molar-refractivity contribution >= 4 is 11.6 Å². The van der Waals surface area contributed by atoms with Gasteiger partial charge in [0.15, 0.2) is 0 Å². The standard InChI is InChI=1S/C14H22N4O2/c19-10-12-3-1-5-18(12)14-9-13(15-11-16-14)17-4-2-7-20-8-6-17/h9,11-12,19H,1-8,10H2/t12-/m0/s1. The molecule has 3 rings (SSSR count). The smallest absolute Gasteiger partial charge is 0.134 e. The molecular weight excluding hydrogens is 256 g/mol. The van der Waals surface area contributed by atoms with Crippen LogP contribution in [0.15, 0.2) is 12.4 Å². The Labute approximate surface area is 119 Å². The summed E-state index contributed by atoms with van der Waals surface area (Å²) in [6, 6.07) is 2.24. The summed E-state index contributed by atoms with van der Waals surface area (Å²) < 4.78 is 5.48. The molecule has 1 aromatic heterocycles. The second kappa shape index (κ2) is 6.37. The number of anilines is 2. The maximum absolute atomic E-state index is 9.44. The molecule has 2 aliphatic heterocycles. The Morgan fingerprint density at radius 2 is 2.05 bits per heavy atom. The summed E-state index contributed by atoms with van der Waals surface area (Å²) in [5, 5.41) is 9.44. The van der Waals surface area contributed by atoms with Crippen molar-refractivity contribution in [3.8, 4) is 0 Å². The molecule has 0 radical (unpaired) electrons. The molecular formula is C14H22N4O2. The Morgan fingerprint density at radius 3 is 2.95 bits per heavy atom. The lowest BCUT2D eigenvalue weighted by Gasteiger charge is -2.26. The molecule has 110 valence electrons. The van der Waals surface area contributed by atoms with Crippen LogP contribution < -0.4 is 9.80 Å². The highest BCUT2D eigenvalue weighted by molar-refractivity contribution is 5.51. The van der Waals surface area contributed by atoms with E-state index in [-0.39, 0.29) is 12.6 Å². The van der Waals surface area contributed by atoms with Crippen molar-refractivity contribution in [2.45, 2.75) is 25.3 Å². The maximum atomic E-state index is 9.44. The predicted octanol–water partition coefficient (Wildman–Crippen LogP) is 0.664. The van der Waals surface area contributed by atoms with Gasteiger partial charge in [-0.05, 0) is 19.3 Å². The summed E-state index contributed by atoms with van der Waals surface area (Å²) in [5.74, 6) is 1.89. The number of rotatable bonds is 3. The Balaban J connectivity index is 1.78. The summed E-state index contributed by atoms with van der Waals surface area (Å²) in [5.41, 5.74) is 0. The number of hydrogen-bond donors (Lipinski definition) is 1. The molecule has 0 unspecified atom stereocenters. The Morgan fingerprint density at radius 1 is 1.15 bits per heavy atom. The molecule has 0 aromatic carbocycles. The number of aliphatic hydroxyl groups is 1.